The predicted octanol–water partition coefficient (Wildman–Crippen LogP) is 3.92. The predicted molar refractivity (Wildman–Crippen MR) is 121 cm³/mol. The number of aromatic nitrogens is 1. The van der Waals surface area contributed by atoms with Gasteiger partial charge in [-0.3, -0.25) is 9.78 Å². The van der Waals surface area contributed by atoms with Gasteiger partial charge in [0.1, 0.15) is 6.61 Å². The molecule has 4 rings (SSSR count). The van der Waals surface area contributed by atoms with Crippen LogP contribution in [0.15, 0.2) is 42.7 Å². The quantitative estimate of drug-likeness (QED) is 0.664. The maximum absolute atomic E-state index is 12.8. The number of carbonyl (C=O) groups is 1. The molecule has 8 heteroatoms. The fraction of sp³-hybridized carbons (Fsp3) is 0.455. The molecule has 2 aromatic rings. The van der Waals surface area contributed by atoms with Crippen molar-refractivity contribution in [2.45, 2.75) is 57.3 Å². The van der Waals surface area contributed by atoms with Crippen molar-refractivity contribution in [2.75, 3.05) is 6.61 Å². The Morgan fingerprint density at radius 1 is 1.13 bits per heavy atom. The molecule has 1 aromatic carbocycles. The van der Waals surface area contributed by atoms with Crippen LogP contribution in [0.2, 0.25) is 0 Å². The monoisotopic (exact) mass is 453 g/mol. The van der Waals surface area contributed by atoms with E-state index in [1.807, 2.05) is 25.1 Å². The molecule has 164 valence electrons. The normalized spacial score (nSPS) is 21.7. The highest BCUT2D eigenvalue weighted by molar-refractivity contribution is 5.95. The van der Waals surface area contributed by atoms with E-state index >= 15 is 0 Å². The topological polar surface area (TPSA) is 72.5 Å². The molecule has 2 saturated heterocycles. The summed E-state index contributed by atoms with van der Waals surface area (Å²) in [6.45, 7) is 2.83. The van der Waals surface area contributed by atoms with Crippen LogP contribution < -0.4 is 20.1 Å². The highest BCUT2D eigenvalue weighted by Gasteiger charge is 2.34. The van der Waals surface area contributed by atoms with E-state index < -0.39 is 0 Å². The Balaban J connectivity index is 0.00000160. The summed E-state index contributed by atoms with van der Waals surface area (Å²) in [6, 6.07) is 10.5. The third-order valence-corrected chi connectivity index (χ3v) is 5.43. The minimum Gasteiger partial charge on any atom is -0.490 e. The minimum absolute atomic E-state index is 0. The number of nitrogens with one attached hydrogen (secondary N) is 2. The van der Waals surface area contributed by atoms with Crippen LogP contribution in [-0.4, -0.2) is 35.6 Å². The molecule has 1 aromatic heterocycles. The molecule has 0 aliphatic carbocycles. The molecule has 1 amide bonds. The maximum Gasteiger partial charge on any atom is 0.251 e. The van der Waals surface area contributed by atoms with Gasteiger partial charge in [-0.2, -0.15) is 0 Å². The summed E-state index contributed by atoms with van der Waals surface area (Å²) in [5, 5.41) is 6.80. The third kappa shape index (κ3) is 6.00. The van der Waals surface area contributed by atoms with Gasteiger partial charge in [-0.05, 0) is 56.9 Å². The second-order valence-corrected chi connectivity index (χ2v) is 7.52. The Morgan fingerprint density at radius 2 is 1.90 bits per heavy atom. The van der Waals surface area contributed by atoms with Crippen molar-refractivity contribution in [1.82, 2.24) is 15.6 Å². The molecule has 2 fully saturated rings. The summed E-state index contributed by atoms with van der Waals surface area (Å²) in [7, 11) is 0. The number of nitrogens with zero attached hydrogens (tertiary/aromatic N) is 1. The molecule has 0 saturated carbocycles. The first-order valence-electron chi connectivity index (χ1n) is 10.1. The molecule has 2 aliphatic heterocycles. The summed E-state index contributed by atoms with van der Waals surface area (Å²) >= 11 is 0. The maximum atomic E-state index is 12.8. The molecule has 0 spiro atoms. The molecule has 0 radical (unpaired) electrons. The number of halogens is 2. The average molecular weight is 454 g/mol. The van der Waals surface area contributed by atoms with Crippen LogP contribution >= 0.6 is 24.8 Å². The highest BCUT2D eigenvalue weighted by atomic mass is 35.5. The summed E-state index contributed by atoms with van der Waals surface area (Å²) < 4.78 is 11.6. The Hall–Kier alpha value is -2.02. The molecule has 6 nitrogen and oxygen atoms in total. The molecular formula is C22H29Cl2N3O3. The van der Waals surface area contributed by atoms with Gasteiger partial charge in [0.25, 0.3) is 5.91 Å². The standard InChI is InChI=1S/C22H27N3O3.2ClH/c1-2-27-21-10-16(5-8-20(21)28-14-15-4-3-9-23-13-15)22(26)25-19-11-17-6-7-18(12-19)24-17;;/h3-5,8-10,13,17-19,24H,2,6-7,11-12,14H2,1H3,(H,25,26);2*1H. The molecule has 2 atom stereocenters. The van der Waals surface area contributed by atoms with Crippen molar-refractivity contribution in [3.63, 3.8) is 0 Å². The Morgan fingerprint density at radius 3 is 2.57 bits per heavy atom. The lowest BCUT2D eigenvalue weighted by atomic mass is 9.99. The van der Waals surface area contributed by atoms with Crippen LogP contribution in [0.25, 0.3) is 0 Å². The number of hydrogen-bond donors (Lipinski definition) is 2. The lowest BCUT2D eigenvalue weighted by Crippen LogP contribution is -2.48. The van der Waals surface area contributed by atoms with Gasteiger partial charge in [0.05, 0.1) is 6.61 Å². The van der Waals surface area contributed by atoms with E-state index in [0.717, 1.165) is 18.4 Å². The van der Waals surface area contributed by atoms with Crippen molar-refractivity contribution >= 4 is 30.7 Å². The van der Waals surface area contributed by atoms with E-state index in [2.05, 4.69) is 15.6 Å². The molecular weight excluding hydrogens is 425 g/mol. The molecule has 2 aliphatic rings. The van der Waals surface area contributed by atoms with Gasteiger partial charge in [-0.1, -0.05) is 6.07 Å². The van der Waals surface area contributed by atoms with Crippen LogP contribution in [0.3, 0.4) is 0 Å². The van der Waals surface area contributed by atoms with Crippen molar-refractivity contribution < 1.29 is 14.3 Å². The number of fused-ring (bicyclic) bond motifs is 2. The van der Waals surface area contributed by atoms with E-state index in [0.29, 0.717) is 42.4 Å². The second-order valence-electron chi connectivity index (χ2n) is 7.52. The smallest absolute Gasteiger partial charge is 0.251 e. The third-order valence-electron chi connectivity index (χ3n) is 5.43. The average Bonchev–Trinajstić information content (AvgIpc) is 3.06. The zero-order valence-corrected chi connectivity index (χ0v) is 18.6. The largest absolute Gasteiger partial charge is 0.490 e. The van der Waals surface area contributed by atoms with Gasteiger partial charge in [0, 0.05) is 41.6 Å². The fourth-order valence-electron chi connectivity index (χ4n) is 4.13. The number of carbonyl (C=O) groups excluding carboxylic acids is 1. The number of rotatable bonds is 7. The number of ether oxygens (including phenoxy) is 2. The van der Waals surface area contributed by atoms with Gasteiger partial charge < -0.3 is 20.1 Å². The Labute approximate surface area is 190 Å². The van der Waals surface area contributed by atoms with Crippen LogP contribution in [0.1, 0.15) is 48.5 Å². The number of hydrogen-bond acceptors (Lipinski definition) is 5. The van der Waals surface area contributed by atoms with Gasteiger partial charge in [0.2, 0.25) is 0 Å². The van der Waals surface area contributed by atoms with E-state index in [1.165, 1.54) is 12.8 Å². The molecule has 30 heavy (non-hydrogen) atoms. The van der Waals surface area contributed by atoms with Crippen LogP contribution in [0.5, 0.6) is 11.5 Å². The van der Waals surface area contributed by atoms with Crippen LogP contribution in [-0.2, 0) is 6.61 Å². The van der Waals surface area contributed by atoms with Gasteiger partial charge >= 0.3 is 0 Å². The molecule has 2 unspecified atom stereocenters. The summed E-state index contributed by atoms with van der Waals surface area (Å²) in [5.74, 6) is 1.16. The summed E-state index contributed by atoms with van der Waals surface area (Å²) in [6.07, 6.45) is 7.95. The Bertz CT molecular complexity index is 811. The SMILES string of the molecule is CCOc1cc(C(=O)NC2CC3CCC(C2)N3)ccc1OCc1cccnc1.Cl.Cl. The van der Waals surface area contributed by atoms with Gasteiger partial charge in [0.15, 0.2) is 11.5 Å². The minimum atomic E-state index is -0.0499. The zero-order valence-electron chi connectivity index (χ0n) is 17.0. The molecule has 2 N–H and O–H groups in total. The molecule has 2 bridgehead atoms. The second kappa shape index (κ2) is 11.4. The highest BCUT2D eigenvalue weighted by Crippen LogP contribution is 2.30. The van der Waals surface area contributed by atoms with Crippen molar-refractivity contribution in [1.29, 1.82) is 0 Å². The zero-order chi connectivity index (χ0) is 19.3. The van der Waals surface area contributed by atoms with Crippen molar-refractivity contribution in [3.8, 4) is 11.5 Å². The lowest BCUT2D eigenvalue weighted by molar-refractivity contribution is 0.0923. The first-order valence-corrected chi connectivity index (χ1v) is 10.1. The van der Waals surface area contributed by atoms with E-state index in [1.54, 1.807) is 24.5 Å². The Kier molecular flexibility index (Phi) is 9.21. The number of pyridine rings is 1. The molecule has 3 heterocycles. The fourth-order valence-corrected chi connectivity index (χ4v) is 4.13. The first-order chi connectivity index (χ1) is 13.7. The van der Waals surface area contributed by atoms with Gasteiger partial charge in [-0.25, -0.2) is 0 Å². The van der Waals surface area contributed by atoms with Crippen molar-refractivity contribution in [2.24, 2.45) is 0 Å². The van der Waals surface area contributed by atoms with Gasteiger partial charge in [-0.15, -0.1) is 24.8 Å². The number of benzene rings is 1. The summed E-state index contributed by atoms with van der Waals surface area (Å²) in [5.41, 5.74) is 1.58. The summed E-state index contributed by atoms with van der Waals surface area (Å²) in [4.78, 5) is 16.9. The van der Waals surface area contributed by atoms with Crippen molar-refractivity contribution in [3.05, 3.63) is 53.9 Å². The van der Waals surface area contributed by atoms with E-state index in [4.69, 9.17) is 9.47 Å². The number of piperidine rings is 1. The lowest BCUT2D eigenvalue weighted by Gasteiger charge is -2.29. The van der Waals surface area contributed by atoms with Crippen LogP contribution in [0, 0.1) is 0 Å². The first kappa shape index (κ1) is 24.3. The van der Waals surface area contributed by atoms with E-state index in [9.17, 15) is 4.79 Å². The van der Waals surface area contributed by atoms with E-state index in [-0.39, 0.29) is 36.8 Å². The van der Waals surface area contributed by atoms with Crippen LogP contribution in [0.4, 0.5) is 0 Å². The number of amides is 1.